The summed E-state index contributed by atoms with van der Waals surface area (Å²) in [6, 6.07) is 3.25. The number of carboxylic acid groups (broad SMARTS) is 1. The summed E-state index contributed by atoms with van der Waals surface area (Å²) in [6.45, 7) is 7.19. The standard InChI is InChI=1S/C15H23N3O3/c1-2-3-13-10-12(15(19)20)11-14(17-13)16-4-5-18-6-8-21-9-7-18/h10-11H,2-9H2,1H3,(H,16,17)(H,19,20). The van der Waals surface area contributed by atoms with Gasteiger partial charge in [-0.1, -0.05) is 13.3 Å². The Morgan fingerprint density at radius 1 is 1.43 bits per heavy atom. The molecule has 0 amide bonds. The molecule has 0 unspecified atom stereocenters. The van der Waals surface area contributed by atoms with E-state index in [1.165, 1.54) is 0 Å². The average molecular weight is 293 g/mol. The molecule has 0 saturated carbocycles. The maximum atomic E-state index is 11.2. The molecule has 0 aliphatic carbocycles. The van der Waals surface area contributed by atoms with Crippen LogP contribution < -0.4 is 5.32 Å². The number of aromatic nitrogens is 1. The van der Waals surface area contributed by atoms with Gasteiger partial charge in [0.1, 0.15) is 5.82 Å². The molecule has 1 fully saturated rings. The molecule has 1 aliphatic rings. The molecule has 1 aromatic rings. The number of anilines is 1. The summed E-state index contributed by atoms with van der Waals surface area (Å²) in [6.07, 6.45) is 1.74. The van der Waals surface area contributed by atoms with E-state index in [1.54, 1.807) is 12.1 Å². The first-order valence-corrected chi connectivity index (χ1v) is 7.47. The molecule has 2 rings (SSSR count). The number of pyridine rings is 1. The van der Waals surface area contributed by atoms with E-state index in [1.807, 2.05) is 0 Å². The van der Waals surface area contributed by atoms with E-state index in [9.17, 15) is 4.79 Å². The number of ether oxygens (including phenoxy) is 1. The number of hydrogen-bond donors (Lipinski definition) is 2. The second kappa shape index (κ2) is 7.95. The van der Waals surface area contributed by atoms with Crippen molar-refractivity contribution >= 4 is 11.8 Å². The Hall–Kier alpha value is -1.66. The smallest absolute Gasteiger partial charge is 0.335 e. The number of aromatic carboxylic acids is 1. The quantitative estimate of drug-likeness (QED) is 0.793. The van der Waals surface area contributed by atoms with E-state index in [2.05, 4.69) is 22.1 Å². The highest BCUT2D eigenvalue weighted by molar-refractivity contribution is 5.88. The fourth-order valence-corrected chi connectivity index (χ4v) is 2.35. The van der Waals surface area contributed by atoms with Gasteiger partial charge in [-0.05, 0) is 18.6 Å². The largest absolute Gasteiger partial charge is 0.478 e. The van der Waals surface area contributed by atoms with Crippen LogP contribution in [-0.4, -0.2) is 60.4 Å². The monoisotopic (exact) mass is 293 g/mol. The summed E-state index contributed by atoms with van der Waals surface area (Å²) in [5.41, 5.74) is 1.12. The van der Waals surface area contributed by atoms with Gasteiger partial charge in [0.25, 0.3) is 0 Å². The Balaban J connectivity index is 1.92. The van der Waals surface area contributed by atoms with Crippen molar-refractivity contribution in [2.24, 2.45) is 0 Å². The van der Waals surface area contributed by atoms with Gasteiger partial charge in [0.2, 0.25) is 0 Å². The van der Waals surface area contributed by atoms with Crippen molar-refractivity contribution in [2.45, 2.75) is 19.8 Å². The van der Waals surface area contributed by atoms with Gasteiger partial charge in [-0.25, -0.2) is 9.78 Å². The number of nitrogens with zero attached hydrogens (tertiary/aromatic N) is 2. The van der Waals surface area contributed by atoms with Crippen LogP contribution in [0.1, 0.15) is 29.4 Å². The maximum Gasteiger partial charge on any atom is 0.335 e. The first-order chi connectivity index (χ1) is 10.2. The van der Waals surface area contributed by atoms with Gasteiger partial charge in [0.05, 0.1) is 18.8 Å². The molecule has 2 N–H and O–H groups in total. The lowest BCUT2D eigenvalue weighted by Gasteiger charge is -2.26. The molecule has 116 valence electrons. The number of hydrogen-bond acceptors (Lipinski definition) is 5. The lowest BCUT2D eigenvalue weighted by Crippen LogP contribution is -2.39. The number of carboxylic acids is 1. The zero-order valence-corrected chi connectivity index (χ0v) is 12.5. The summed E-state index contributed by atoms with van der Waals surface area (Å²) in [5.74, 6) is -0.266. The van der Waals surface area contributed by atoms with E-state index in [-0.39, 0.29) is 0 Å². The minimum atomic E-state index is -0.911. The molecule has 21 heavy (non-hydrogen) atoms. The van der Waals surface area contributed by atoms with E-state index >= 15 is 0 Å². The van der Waals surface area contributed by atoms with Crippen LogP contribution in [0.2, 0.25) is 0 Å². The van der Waals surface area contributed by atoms with E-state index in [0.29, 0.717) is 11.4 Å². The molecule has 1 aromatic heterocycles. The summed E-state index contributed by atoms with van der Waals surface area (Å²) in [5, 5.41) is 12.4. The maximum absolute atomic E-state index is 11.2. The third-order valence-electron chi connectivity index (χ3n) is 3.47. The Morgan fingerprint density at radius 2 is 2.19 bits per heavy atom. The van der Waals surface area contributed by atoms with Crippen LogP contribution in [0.4, 0.5) is 5.82 Å². The Morgan fingerprint density at radius 3 is 2.86 bits per heavy atom. The lowest BCUT2D eigenvalue weighted by atomic mass is 10.1. The summed E-state index contributed by atoms with van der Waals surface area (Å²) < 4.78 is 5.31. The molecular formula is C15H23N3O3. The molecular weight excluding hydrogens is 270 g/mol. The number of rotatable bonds is 7. The van der Waals surface area contributed by atoms with Gasteiger partial charge >= 0.3 is 5.97 Å². The molecule has 6 nitrogen and oxygen atoms in total. The van der Waals surface area contributed by atoms with Crippen LogP contribution in [0.3, 0.4) is 0 Å². The number of nitrogens with one attached hydrogen (secondary N) is 1. The second-order valence-electron chi connectivity index (χ2n) is 5.17. The van der Waals surface area contributed by atoms with Gasteiger partial charge in [-0.15, -0.1) is 0 Å². The molecule has 2 heterocycles. The topological polar surface area (TPSA) is 74.7 Å². The van der Waals surface area contributed by atoms with E-state index in [0.717, 1.165) is 57.9 Å². The fraction of sp³-hybridized carbons (Fsp3) is 0.600. The van der Waals surface area contributed by atoms with Crippen molar-refractivity contribution < 1.29 is 14.6 Å². The molecule has 0 radical (unpaired) electrons. The van der Waals surface area contributed by atoms with Crippen LogP contribution in [-0.2, 0) is 11.2 Å². The van der Waals surface area contributed by atoms with Crippen LogP contribution in [0.25, 0.3) is 0 Å². The first-order valence-electron chi connectivity index (χ1n) is 7.47. The van der Waals surface area contributed by atoms with Crippen LogP contribution >= 0.6 is 0 Å². The second-order valence-corrected chi connectivity index (χ2v) is 5.17. The Bertz CT molecular complexity index is 473. The van der Waals surface area contributed by atoms with Crippen LogP contribution in [0, 0.1) is 0 Å². The van der Waals surface area contributed by atoms with Crippen molar-refractivity contribution in [3.05, 3.63) is 23.4 Å². The number of carbonyl (C=O) groups is 1. The predicted molar refractivity (Wildman–Crippen MR) is 80.9 cm³/mol. The molecule has 0 atom stereocenters. The van der Waals surface area contributed by atoms with Gasteiger partial charge < -0.3 is 15.2 Å². The van der Waals surface area contributed by atoms with Crippen LogP contribution in [0.15, 0.2) is 12.1 Å². The molecule has 1 saturated heterocycles. The zero-order chi connectivity index (χ0) is 15.1. The predicted octanol–water partition coefficient (Wildman–Crippen LogP) is 1.48. The molecule has 0 aromatic carbocycles. The zero-order valence-electron chi connectivity index (χ0n) is 12.5. The van der Waals surface area contributed by atoms with Crippen molar-refractivity contribution in [1.29, 1.82) is 0 Å². The SMILES string of the molecule is CCCc1cc(C(=O)O)cc(NCCN2CCOCC2)n1. The third kappa shape index (κ3) is 4.99. The molecule has 0 spiro atoms. The number of morpholine rings is 1. The van der Waals surface area contributed by atoms with Gasteiger partial charge in [-0.3, -0.25) is 4.90 Å². The Labute approximate surface area is 125 Å². The van der Waals surface area contributed by atoms with Crippen molar-refractivity contribution in [1.82, 2.24) is 9.88 Å². The summed E-state index contributed by atoms with van der Waals surface area (Å²) in [7, 11) is 0. The highest BCUT2D eigenvalue weighted by Crippen LogP contribution is 2.12. The molecule has 0 bridgehead atoms. The summed E-state index contributed by atoms with van der Waals surface area (Å²) >= 11 is 0. The number of aryl methyl sites for hydroxylation is 1. The minimum Gasteiger partial charge on any atom is -0.478 e. The third-order valence-corrected chi connectivity index (χ3v) is 3.47. The van der Waals surface area contributed by atoms with Crippen molar-refractivity contribution in [3.63, 3.8) is 0 Å². The Kier molecular flexibility index (Phi) is 5.95. The van der Waals surface area contributed by atoms with E-state index in [4.69, 9.17) is 9.84 Å². The van der Waals surface area contributed by atoms with Gasteiger partial charge in [0, 0.05) is 31.9 Å². The minimum absolute atomic E-state index is 0.294. The van der Waals surface area contributed by atoms with Crippen molar-refractivity contribution in [3.8, 4) is 0 Å². The lowest BCUT2D eigenvalue weighted by molar-refractivity contribution is 0.0398. The first kappa shape index (κ1) is 15.7. The van der Waals surface area contributed by atoms with Gasteiger partial charge in [-0.2, -0.15) is 0 Å². The highest BCUT2D eigenvalue weighted by Gasteiger charge is 2.11. The van der Waals surface area contributed by atoms with Gasteiger partial charge in [0.15, 0.2) is 0 Å². The average Bonchev–Trinajstić information content (AvgIpc) is 2.48. The van der Waals surface area contributed by atoms with Crippen molar-refractivity contribution in [2.75, 3.05) is 44.7 Å². The van der Waals surface area contributed by atoms with E-state index < -0.39 is 5.97 Å². The van der Waals surface area contributed by atoms with Crippen LogP contribution in [0.5, 0.6) is 0 Å². The summed E-state index contributed by atoms with van der Waals surface area (Å²) in [4.78, 5) is 17.9. The molecule has 6 heteroatoms. The fourth-order valence-electron chi connectivity index (χ4n) is 2.35. The highest BCUT2D eigenvalue weighted by atomic mass is 16.5. The normalized spacial score (nSPS) is 15.9. The molecule has 1 aliphatic heterocycles.